The molecule has 0 aliphatic carbocycles. The third kappa shape index (κ3) is 4.92. The standard InChI is InChI=1S/C20H16F4N2O3/c1-11-16(17(27)25-14-5-3-4-13(10-14)20(2,23)24)26-18(28-11)12-6-8-15(9-7-12)29-19(21)22/h3-10,19H,1-2H3,(H,25,27). The molecule has 5 nitrogen and oxygen atoms in total. The Hall–Kier alpha value is -3.36. The zero-order chi connectivity index (χ0) is 21.2. The summed E-state index contributed by atoms with van der Waals surface area (Å²) in [6.07, 6.45) is 0. The fraction of sp³-hybridized carbons (Fsp3) is 0.200. The summed E-state index contributed by atoms with van der Waals surface area (Å²) in [6.45, 7) is -0.651. The molecule has 0 atom stereocenters. The van der Waals surface area contributed by atoms with Crippen LogP contribution in [0, 0.1) is 6.92 Å². The molecular formula is C20H16F4N2O3. The number of carbonyl (C=O) groups is 1. The van der Waals surface area contributed by atoms with E-state index in [4.69, 9.17) is 4.42 Å². The van der Waals surface area contributed by atoms with Gasteiger partial charge in [0.15, 0.2) is 5.69 Å². The number of aromatic nitrogens is 1. The van der Waals surface area contributed by atoms with Crippen molar-refractivity contribution in [2.45, 2.75) is 26.4 Å². The van der Waals surface area contributed by atoms with Gasteiger partial charge in [-0.05, 0) is 43.3 Å². The lowest BCUT2D eigenvalue weighted by molar-refractivity contribution is -0.0498. The van der Waals surface area contributed by atoms with Crippen LogP contribution in [0.15, 0.2) is 52.9 Å². The van der Waals surface area contributed by atoms with Gasteiger partial charge < -0.3 is 14.5 Å². The van der Waals surface area contributed by atoms with Crippen molar-refractivity contribution in [3.63, 3.8) is 0 Å². The Kier molecular flexibility index (Phi) is 5.58. The number of alkyl halides is 4. The molecule has 0 spiro atoms. The number of rotatable bonds is 6. The molecule has 29 heavy (non-hydrogen) atoms. The largest absolute Gasteiger partial charge is 0.441 e. The summed E-state index contributed by atoms with van der Waals surface area (Å²) in [5.74, 6) is -3.39. The van der Waals surface area contributed by atoms with Gasteiger partial charge in [-0.1, -0.05) is 12.1 Å². The maximum atomic E-state index is 13.5. The van der Waals surface area contributed by atoms with E-state index in [1.54, 1.807) is 0 Å². The third-order valence-corrected chi connectivity index (χ3v) is 3.97. The number of ether oxygens (including phenoxy) is 1. The predicted octanol–water partition coefficient (Wildman–Crippen LogP) is 5.62. The van der Waals surface area contributed by atoms with E-state index in [1.165, 1.54) is 55.5 Å². The average Bonchev–Trinajstić information content (AvgIpc) is 3.03. The molecule has 1 aromatic heterocycles. The zero-order valence-corrected chi connectivity index (χ0v) is 15.4. The van der Waals surface area contributed by atoms with E-state index in [-0.39, 0.29) is 34.3 Å². The van der Waals surface area contributed by atoms with Crippen molar-refractivity contribution < 1.29 is 31.5 Å². The lowest BCUT2D eigenvalue weighted by Crippen LogP contribution is -2.14. The molecular weight excluding hydrogens is 392 g/mol. The first kappa shape index (κ1) is 20.4. The number of oxazole rings is 1. The van der Waals surface area contributed by atoms with E-state index >= 15 is 0 Å². The number of nitrogens with zero attached hydrogens (tertiary/aromatic N) is 1. The summed E-state index contributed by atoms with van der Waals surface area (Å²) in [5, 5.41) is 2.51. The molecule has 2 aromatic carbocycles. The number of carbonyl (C=O) groups excluding carboxylic acids is 1. The van der Waals surface area contributed by atoms with Crippen LogP contribution in [0.3, 0.4) is 0 Å². The van der Waals surface area contributed by atoms with Gasteiger partial charge in [-0.2, -0.15) is 8.78 Å². The van der Waals surface area contributed by atoms with Crippen LogP contribution >= 0.6 is 0 Å². The minimum atomic E-state index is -3.04. The van der Waals surface area contributed by atoms with Gasteiger partial charge in [-0.25, -0.2) is 13.8 Å². The highest BCUT2D eigenvalue weighted by atomic mass is 19.3. The number of hydrogen-bond donors (Lipinski definition) is 1. The fourth-order valence-corrected chi connectivity index (χ4v) is 2.57. The van der Waals surface area contributed by atoms with Gasteiger partial charge in [0.2, 0.25) is 5.89 Å². The molecule has 0 aliphatic heterocycles. The number of amides is 1. The Morgan fingerprint density at radius 2 is 1.86 bits per heavy atom. The number of nitrogens with one attached hydrogen (secondary N) is 1. The predicted molar refractivity (Wildman–Crippen MR) is 97.3 cm³/mol. The second-order valence-electron chi connectivity index (χ2n) is 6.25. The van der Waals surface area contributed by atoms with Gasteiger partial charge in [0.1, 0.15) is 11.5 Å². The minimum absolute atomic E-state index is 0.0263. The van der Waals surface area contributed by atoms with Crippen molar-refractivity contribution in [1.82, 2.24) is 4.98 Å². The van der Waals surface area contributed by atoms with E-state index in [0.717, 1.165) is 6.92 Å². The Bertz CT molecular complexity index is 1010. The molecule has 0 bridgehead atoms. The van der Waals surface area contributed by atoms with E-state index in [1.807, 2.05) is 0 Å². The Morgan fingerprint density at radius 3 is 2.48 bits per heavy atom. The summed E-state index contributed by atoms with van der Waals surface area (Å²) in [6, 6.07) is 10.9. The molecule has 3 rings (SSSR count). The normalized spacial score (nSPS) is 11.6. The Morgan fingerprint density at radius 1 is 1.17 bits per heavy atom. The van der Waals surface area contributed by atoms with Crippen LogP contribution in [-0.2, 0) is 5.92 Å². The lowest BCUT2D eigenvalue weighted by atomic mass is 10.1. The molecule has 3 aromatic rings. The van der Waals surface area contributed by atoms with Gasteiger partial charge in [0.25, 0.3) is 11.8 Å². The van der Waals surface area contributed by atoms with E-state index in [9.17, 15) is 22.4 Å². The highest BCUT2D eigenvalue weighted by molar-refractivity contribution is 6.03. The Balaban J connectivity index is 1.79. The first-order chi connectivity index (χ1) is 13.6. The fourth-order valence-electron chi connectivity index (χ4n) is 2.57. The number of benzene rings is 2. The first-order valence-electron chi connectivity index (χ1n) is 8.46. The molecule has 152 valence electrons. The molecule has 1 heterocycles. The van der Waals surface area contributed by atoms with Gasteiger partial charge in [0.05, 0.1) is 0 Å². The van der Waals surface area contributed by atoms with Gasteiger partial charge in [-0.15, -0.1) is 0 Å². The first-order valence-corrected chi connectivity index (χ1v) is 8.46. The van der Waals surface area contributed by atoms with Crippen molar-refractivity contribution in [2.24, 2.45) is 0 Å². The van der Waals surface area contributed by atoms with E-state index in [2.05, 4.69) is 15.0 Å². The second kappa shape index (κ2) is 7.94. The SMILES string of the molecule is Cc1oc(-c2ccc(OC(F)F)cc2)nc1C(=O)Nc1cccc(C(C)(F)F)c1. The molecule has 0 aliphatic rings. The van der Waals surface area contributed by atoms with Crippen LogP contribution in [0.2, 0.25) is 0 Å². The number of hydrogen-bond acceptors (Lipinski definition) is 4. The van der Waals surface area contributed by atoms with Crippen LogP contribution in [0.1, 0.15) is 28.7 Å². The summed E-state index contributed by atoms with van der Waals surface area (Å²) in [7, 11) is 0. The van der Waals surface area contributed by atoms with Crippen LogP contribution in [0.5, 0.6) is 5.75 Å². The Labute approximate surface area is 163 Å². The molecule has 0 unspecified atom stereocenters. The summed E-state index contributed by atoms with van der Waals surface area (Å²) in [4.78, 5) is 16.6. The topological polar surface area (TPSA) is 64.4 Å². The van der Waals surface area contributed by atoms with Crippen LogP contribution in [0.4, 0.5) is 23.2 Å². The highest BCUT2D eigenvalue weighted by Crippen LogP contribution is 2.29. The number of anilines is 1. The zero-order valence-electron chi connectivity index (χ0n) is 15.4. The van der Waals surface area contributed by atoms with E-state index in [0.29, 0.717) is 5.56 Å². The summed E-state index contributed by atoms with van der Waals surface area (Å²) in [5.41, 5.74) is 0.369. The van der Waals surface area contributed by atoms with Crippen molar-refractivity contribution in [3.8, 4) is 17.2 Å². The summed E-state index contributed by atoms with van der Waals surface area (Å²) >= 11 is 0. The van der Waals surface area contributed by atoms with Crippen LogP contribution < -0.4 is 10.1 Å². The molecule has 0 radical (unpaired) electrons. The number of halogens is 4. The lowest BCUT2D eigenvalue weighted by Gasteiger charge is -2.12. The van der Waals surface area contributed by atoms with E-state index < -0.39 is 18.4 Å². The molecule has 9 heteroatoms. The monoisotopic (exact) mass is 408 g/mol. The van der Waals surface area contributed by atoms with Gasteiger partial charge >= 0.3 is 6.61 Å². The maximum absolute atomic E-state index is 13.5. The third-order valence-electron chi connectivity index (χ3n) is 3.97. The van der Waals surface area contributed by atoms with Gasteiger partial charge in [0, 0.05) is 23.7 Å². The number of aryl methyl sites for hydroxylation is 1. The molecule has 0 saturated carbocycles. The maximum Gasteiger partial charge on any atom is 0.387 e. The highest BCUT2D eigenvalue weighted by Gasteiger charge is 2.25. The van der Waals surface area contributed by atoms with Crippen LogP contribution in [-0.4, -0.2) is 17.5 Å². The van der Waals surface area contributed by atoms with Crippen molar-refractivity contribution in [1.29, 1.82) is 0 Å². The van der Waals surface area contributed by atoms with Crippen LogP contribution in [0.25, 0.3) is 11.5 Å². The minimum Gasteiger partial charge on any atom is -0.441 e. The summed E-state index contributed by atoms with van der Waals surface area (Å²) < 4.78 is 61.1. The van der Waals surface area contributed by atoms with Crippen molar-refractivity contribution in [3.05, 3.63) is 65.5 Å². The molecule has 1 amide bonds. The molecule has 1 N–H and O–H groups in total. The quantitative estimate of drug-likeness (QED) is 0.538. The van der Waals surface area contributed by atoms with Crippen molar-refractivity contribution >= 4 is 11.6 Å². The average molecular weight is 408 g/mol. The van der Waals surface area contributed by atoms with Crippen molar-refractivity contribution in [2.75, 3.05) is 5.32 Å². The molecule has 0 fully saturated rings. The van der Waals surface area contributed by atoms with Gasteiger partial charge in [-0.3, -0.25) is 4.79 Å². The second-order valence-corrected chi connectivity index (χ2v) is 6.25. The molecule has 0 saturated heterocycles. The smallest absolute Gasteiger partial charge is 0.387 e.